The van der Waals surface area contributed by atoms with Crippen molar-refractivity contribution in [3.8, 4) is 11.5 Å². The van der Waals surface area contributed by atoms with Gasteiger partial charge in [0.25, 0.3) is 0 Å². The maximum absolute atomic E-state index is 11.7. The van der Waals surface area contributed by atoms with Gasteiger partial charge in [-0.25, -0.2) is 8.42 Å². The summed E-state index contributed by atoms with van der Waals surface area (Å²) in [6.45, 7) is 2.21. The van der Waals surface area contributed by atoms with Gasteiger partial charge in [-0.15, -0.1) is 0 Å². The third kappa shape index (κ3) is 9.07. The smallest absolute Gasteiger partial charge is 0.744 e. The minimum absolute atomic E-state index is 0. The van der Waals surface area contributed by atoms with E-state index in [9.17, 15) is 13.0 Å². The van der Waals surface area contributed by atoms with Gasteiger partial charge in [0.15, 0.2) is 0 Å². The average molecular weight is 429 g/mol. The van der Waals surface area contributed by atoms with E-state index in [1.54, 1.807) is 18.2 Å². The van der Waals surface area contributed by atoms with Gasteiger partial charge in [-0.3, -0.25) is 0 Å². The molecule has 2 aromatic rings. The molecule has 0 saturated carbocycles. The minimum atomic E-state index is -4.60. The van der Waals surface area contributed by atoms with Crippen molar-refractivity contribution in [1.82, 2.24) is 0 Å². The number of hydrogen-bond acceptors (Lipinski definition) is 4. The van der Waals surface area contributed by atoms with E-state index in [-0.39, 0.29) is 62.0 Å². The summed E-state index contributed by atoms with van der Waals surface area (Å²) < 4.78 is 40.8. The molecule has 0 amide bonds. The van der Waals surface area contributed by atoms with Gasteiger partial charge in [0.05, 0.1) is 4.90 Å². The second-order valence-corrected chi connectivity index (χ2v) is 8.19. The molecular formula is C22H29KO4S. The monoisotopic (exact) mass is 428 g/mol. The zero-order chi connectivity index (χ0) is 19.5. The van der Waals surface area contributed by atoms with Gasteiger partial charge < -0.3 is 9.29 Å². The summed E-state index contributed by atoms with van der Waals surface area (Å²) in [5.41, 5.74) is 0.766. The summed E-state index contributed by atoms with van der Waals surface area (Å²) in [4.78, 5) is -0.289. The van der Waals surface area contributed by atoms with E-state index in [0.29, 0.717) is 12.2 Å². The van der Waals surface area contributed by atoms with Crippen LogP contribution in [0.15, 0.2) is 53.4 Å². The molecule has 0 saturated heterocycles. The molecule has 0 aliphatic heterocycles. The fourth-order valence-electron chi connectivity index (χ4n) is 3.13. The Kier molecular flexibility index (Phi) is 12.8. The maximum atomic E-state index is 11.7. The third-order valence-electron chi connectivity index (χ3n) is 4.59. The molecule has 0 aliphatic carbocycles. The van der Waals surface area contributed by atoms with Crippen molar-refractivity contribution >= 4 is 10.1 Å². The average Bonchev–Trinajstić information content (AvgIpc) is 2.65. The first-order chi connectivity index (χ1) is 13.0. The van der Waals surface area contributed by atoms with Gasteiger partial charge in [-0.05, 0) is 36.6 Å². The first kappa shape index (κ1) is 25.8. The van der Waals surface area contributed by atoms with Crippen LogP contribution >= 0.6 is 0 Å². The Morgan fingerprint density at radius 1 is 0.821 bits per heavy atom. The second-order valence-electron chi connectivity index (χ2n) is 6.84. The van der Waals surface area contributed by atoms with E-state index in [4.69, 9.17) is 4.74 Å². The Bertz CT molecular complexity index is 791. The molecule has 2 aromatic carbocycles. The van der Waals surface area contributed by atoms with E-state index in [0.717, 1.165) is 18.4 Å². The van der Waals surface area contributed by atoms with Gasteiger partial charge in [0.2, 0.25) is 0 Å². The van der Waals surface area contributed by atoms with E-state index < -0.39 is 10.1 Å². The molecule has 0 bridgehead atoms. The summed E-state index contributed by atoms with van der Waals surface area (Å²) in [7, 11) is -4.60. The van der Waals surface area contributed by atoms with E-state index in [1.807, 2.05) is 24.3 Å². The molecule has 0 unspecified atom stereocenters. The molecule has 0 radical (unpaired) electrons. The van der Waals surface area contributed by atoms with Crippen LogP contribution in [0.2, 0.25) is 0 Å². The van der Waals surface area contributed by atoms with E-state index >= 15 is 0 Å². The van der Waals surface area contributed by atoms with Crippen LogP contribution < -0.4 is 56.1 Å². The van der Waals surface area contributed by atoms with Gasteiger partial charge in [0, 0.05) is 0 Å². The molecule has 6 heteroatoms. The third-order valence-corrected chi connectivity index (χ3v) is 5.45. The van der Waals surface area contributed by atoms with Gasteiger partial charge in [-0.2, -0.15) is 0 Å². The Morgan fingerprint density at radius 2 is 1.43 bits per heavy atom. The quantitative estimate of drug-likeness (QED) is 0.296. The van der Waals surface area contributed by atoms with Crippen molar-refractivity contribution < 1.29 is 69.1 Å². The number of benzene rings is 2. The minimum Gasteiger partial charge on any atom is -0.744 e. The molecule has 0 spiro atoms. The number of aryl methyl sites for hydroxylation is 1. The summed E-state index contributed by atoms with van der Waals surface area (Å²) in [5.74, 6) is 0.687. The molecular weight excluding hydrogens is 399 g/mol. The Morgan fingerprint density at radius 3 is 2.04 bits per heavy atom. The fraction of sp³-hybridized carbons (Fsp3) is 0.455. The topological polar surface area (TPSA) is 66.4 Å². The molecule has 28 heavy (non-hydrogen) atoms. The van der Waals surface area contributed by atoms with E-state index in [1.165, 1.54) is 44.6 Å². The maximum Gasteiger partial charge on any atom is 1.00 e. The van der Waals surface area contributed by atoms with Crippen molar-refractivity contribution in [2.24, 2.45) is 0 Å². The molecule has 148 valence electrons. The first-order valence-electron chi connectivity index (χ1n) is 9.83. The number of para-hydroxylation sites is 2. The Hall–Kier alpha value is -0.214. The molecule has 0 aromatic heterocycles. The fourth-order valence-corrected chi connectivity index (χ4v) is 3.77. The normalized spacial score (nSPS) is 11.1. The molecule has 0 atom stereocenters. The predicted octanol–water partition coefficient (Wildman–Crippen LogP) is 3.07. The number of ether oxygens (including phenoxy) is 1. The van der Waals surface area contributed by atoms with Crippen LogP contribution in [0.3, 0.4) is 0 Å². The molecule has 2 rings (SSSR count). The second kappa shape index (κ2) is 13.9. The number of rotatable bonds is 12. The van der Waals surface area contributed by atoms with Crippen molar-refractivity contribution in [1.29, 1.82) is 0 Å². The van der Waals surface area contributed by atoms with Gasteiger partial charge >= 0.3 is 51.4 Å². The van der Waals surface area contributed by atoms with Crippen molar-refractivity contribution in [2.75, 3.05) is 0 Å². The van der Waals surface area contributed by atoms with E-state index in [2.05, 4.69) is 6.92 Å². The largest absolute Gasteiger partial charge is 1.00 e. The summed E-state index contributed by atoms with van der Waals surface area (Å²) in [6.07, 6.45) is 10.3. The SMILES string of the molecule is CCCCCCCCCCc1cccc(S(=O)(=O)[O-])c1Oc1ccccc1.[K+]. The Balaban J connectivity index is 0.00000392. The van der Waals surface area contributed by atoms with Gasteiger partial charge in [-0.1, -0.05) is 82.2 Å². The van der Waals surface area contributed by atoms with Crippen LogP contribution in [-0.4, -0.2) is 13.0 Å². The van der Waals surface area contributed by atoms with Crippen molar-refractivity contribution in [3.05, 3.63) is 54.1 Å². The van der Waals surface area contributed by atoms with Crippen LogP contribution in [0.25, 0.3) is 0 Å². The van der Waals surface area contributed by atoms with Crippen LogP contribution in [-0.2, 0) is 16.5 Å². The number of hydrogen-bond donors (Lipinski definition) is 0. The summed E-state index contributed by atoms with van der Waals surface area (Å²) in [5, 5.41) is 0. The van der Waals surface area contributed by atoms with Crippen LogP contribution in [0.4, 0.5) is 0 Å². The molecule has 0 N–H and O–H groups in total. The van der Waals surface area contributed by atoms with Crippen molar-refractivity contribution in [3.63, 3.8) is 0 Å². The van der Waals surface area contributed by atoms with Crippen LogP contribution in [0, 0.1) is 0 Å². The first-order valence-corrected chi connectivity index (χ1v) is 11.2. The predicted molar refractivity (Wildman–Crippen MR) is 107 cm³/mol. The zero-order valence-corrected chi connectivity index (χ0v) is 21.0. The summed E-state index contributed by atoms with van der Waals surface area (Å²) in [6, 6.07) is 13.7. The Labute approximate surface area is 212 Å². The number of unbranched alkanes of at least 4 members (excludes halogenated alkanes) is 7. The summed E-state index contributed by atoms with van der Waals surface area (Å²) >= 11 is 0. The standard InChI is InChI=1S/C22H30O4S.K/c1-2-3-4-5-6-7-8-10-14-19-15-13-18-21(27(23,24)25)22(19)26-20-16-11-9-12-17-20;/h9,11-13,15-18H,2-8,10,14H2,1H3,(H,23,24,25);/q;+1/p-1. The van der Waals surface area contributed by atoms with Crippen molar-refractivity contribution in [2.45, 2.75) is 69.6 Å². The molecule has 0 aliphatic rings. The molecule has 0 fully saturated rings. The van der Waals surface area contributed by atoms with Gasteiger partial charge in [0.1, 0.15) is 21.6 Å². The zero-order valence-electron chi connectivity index (χ0n) is 17.0. The molecule has 0 heterocycles. The van der Waals surface area contributed by atoms with Crippen LogP contribution in [0.5, 0.6) is 11.5 Å². The molecule has 4 nitrogen and oxygen atoms in total. The van der Waals surface area contributed by atoms with Crippen LogP contribution in [0.1, 0.15) is 63.9 Å².